The molecule has 0 aliphatic rings. The van der Waals surface area contributed by atoms with Crippen molar-refractivity contribution in [2.24, 2.45) is 0 Å². The first kappa shape index (κ1) is 6.63. The van der Waals surface area contributed by atoms with Crippen molar-refractivity contribution in [2.75, 3.05) is 0 Å². The van der Waals surface area contributed by atoms with E-state index < -0.39 is 0 Å². The van der Waals surface area contributed by atoms with E-state index in [1.807, 2.05) is 6.92 Å². The van der Waals surface area contributed by atoms with E-state index in [1.54, 1.807) is 0 Å². The van der Waals surface area contributed by atoms with Crippen molar-refractivity contribution in [3.8, 4) is 0 Å². The lowest BCUT2D eigenvalue weighted by atomic mass is 10.5. The zero-order valence-electron chi connectivity index (χ0n) is 3.33. The first-order valence-corrected chi connectivity index (χ1v) is 3.04. The largest absolute Gasteiger partial charge is 0.311 e. The molecular formula is C3H5Br2N. The Balaban J connectivity index is 3.45. The molecular weight excluding hydrogens is 210 g/mol. The van der Waals surface area contributed by atoms with Gasteiger partial charge in [-0.15, -0.1) is 0 Å². The number of hydrogen-bond donors (Lipinski definition) is 1. The van der Waals surface area contributed by atoms with Gasteiger partial charge in [-0.1, -0.05) is 31.9 Å². The Hall–Kier alpha value is 0.630. The van der Waals surface area contributed by atoms with E-state index in [-0.39, 0.29) is 3.23 Å². The van der Waals surface area contributed by atoms with Crippen LogP contribution in [0.25, 0.3) is 0 Å². The highest BCUT2D eigenvalue weighted by Gasteiger charge is 2.07. The molecule has 6 heavy (non-hydrogen) atoms. The van der Waals surface area contributed by atoms with Crippen molar-refractivity contribution < 1.29 is 0 Å². The third-order valence-corrected chi connectivity index (χ3v) is 0.711. The molecule has 0 radical (unpaired) electrons. The zero-order chi connectivity index (χ0) is 5.21. The summed E-state index contributed by atoms with van der Waals surface area (Å²) in [5, 5.41) is 6.64. The van der Waals surface area contributed by atoms with Crippen LogP contribution < -0.4 is 0 Å². The molecule has 0 rings (SSSR count). The maximum absolute atomic E-state index is 6.64. The van der Waals surface area contributed by atoms with E-state index in [9.17, 15) is 0 Å². The van der Waals surface area contributed by atoms with Gasteiger partial charge in [0.2, 0.25) is 0 Å². The molecule has 0 aromatic rings. The third kappa shape index (κ3) is 4.63. The minimum absolute atomic E-state index is 0.292. The Morgan fingerprint density at radius 1 is 1.67 bits per heavy atom. The summed E-state index contributed by atoms with van der Waals surface area (Å²) in [5.41, 5.74) is 0. The summed E-state index contributed by atoms with van der Waals surface area (Å²) >= 11 is 6.30. The maximum Gasteiger partial charge on any atom is 0.112 e. The number of nitrogens with one attached hydrogen (secondary N) is 1. The van der Waals surface area contributed by atoms with Crippen molar-refractivity contribution in [3.05, 3.63) is 0 Å². The molecule has 0 saturated carbocycles. The average Bonchev–Trinajstić information content (AvgIpc) is 1.35. The fraction of sp³-hybridized carbons (Fsp3) is 0.667. The predicted octanol–water partition coefficient (Wildman–Crippen LogP) is 2.14. The Kier molecular flexibility index (Phi) is 2.29. The molecule has 0 aromatic heterocycles. The standard InChI is InChI=1S/C3H5Br2N/c1-3(4,5)2-6/h2,6H,1H3. The van der Waals surface area contributed by atoms with Crippen molar-refractivity contribution in [1.82, 2.24) is 0 Å². The molecule has 1 N–H and O–H groups in total. The van der Waals surface area contributed by atoms with Gasteiger partial charge in [0, 0.05) is 6.21 Å². The summed E-state index contributed by atoms with van der Waals surface area (Å²) in [6, 6.07) is 0. The summed E-state index contributed by atoms with van der Waals surface area (Å²) in [7, 11) is 0. The van der Waals surface area contributed by atoms with Gasteiger partial charge in [-0.25, -0.2) is 0 Å². The quantitative estimate of drug-likeness (QED) is 0.511. The second-order valence-electron chi connectivity index (χ2n) is 1.10. The van der Waals surface area contributed by atoms with Crippen LogP contribution in [0, 0.1) is 5.41 Å². The van der Waals surface area contributed by atoms with Crippen LogP contribution in [0.1, 0.15) is 6.92 Å². The summed E-state index contributed by atoms with van der Waals surface area (Å²) < 4.78 is -0.292. The van der Waals surface area contributed by atoms with E-state index >= 15 is 0 Å². The molecule has 0 unspecified atom stereocenters. The molecule has 0 aliphatic heterocycles. The molecule has 3 heteroatoms. The summed E-state index contributed by atoms with van der Waals surface area (Å²) in [6.07, 6.45) is 1.27. The van der Waals surface area contributed by atoms with Crippen LogP contribution in [-0.4, -0.2) is 9.45 Å². The van der Waals surface area contributed by atoms with Crippen molar-refractivity contribution >= 4 is 38.1 Å². The van der Waals surface area contributed by atoms with Crippen LogP contribution in [0.15, 0.2) is 0 Å². The van der Waals surface area contributed by atoms with E-state index in [0.717, 1.165) is 0 Å². The lowest BCUT2D eigenvalue weighted by Gasteiger charge is -2.00. The first-order valence-electron chi connectivity index (χ1n) is 1.46. The van der Waals surface area contributed by atoms with Crippen LogP contribution in [0.5, 0.6) is 0 Å². The molecule has 0 fully saturated rings. The molecule has 0 spiro atoms. The third-order valence-electron chi connectivity index (χ3n) is 0.253. The van der Waals surface area contributed by atoms with Crippen molar-refractivity contribution in [1.29, 1.82) is 5.41 Å². The van der Waals surface area contributed by atoms with Gasteiger partial charge in [0.15, 0.2) is 0 Å². The molecule has 0 bridgehead atoms. The fourth-order valence-electron chi connectivity index (χ4n) is 0. The maximum atomic E-state index is 6.64. The smallest absolute Gasteiger partial charge is 0.112 e. The SMILES string of the molecule is CC(Br)(Br)C=N. The summed E-state index contributed by atoms with van der Waals surface area (Å²) in [4.78, 5) is 0. The molecule has 0 heterocycles. The molecule has 0 saturated heterocycles. The summed E-state index contributed by atoms with van der Waals surface area (Å²) in [6.45, 7) is 1.83. The lowest BCUT2D eigenvalue weighted by Crippen LogP contribution is -2.02. The van der Waals surface area contributed by atoms with Gasteiger partial charge in [-0.3, -0.25) is 0 Å². The molecule has 0 amide bonds. The van der Waals surface area contributed by atoms with Gasteiger partial charge in [0.25, 0.3) is 0 Å². The van der Waals surface area contributed by atoms with E-state index in [4.69, 9.17) is 5.41 Å². The Morgan fingerprint density at radius 2 is 1.83 bits per heavy atom. The normalized spacial score (nSPS) is 11.2. The van der Waals surface area contributed by atoms with Crippen LogP contribution in [0.4, 0.5) is 0 Å². The fourth-order valence-corrected chi connectivity index (χ4v) is 0. The van der Waals surface area contributed by atoms with Gasteiger partial charge in [-0.05, 0) is 6.92 Å². The first-order chi connectivity index (χ1) is 2.56. The highest BCUT2D eigenvalue weighted by Crippen LogP contribution is 2.20. The zero-order valence-corrected chi connectivity index (χ0v) is 6.51. The van der Waals surface area contributed by atoms with Gasteiger partial charge >= 0.3 is 0 Å². The Morgan fingerprint density at radius 3 is 1.83 bits per heavy atom. The van der Waals surface area contributed by atoms with Crippen molar-refractivity contribution in [2.45, 2.75) is 10.2 Å². The lowest BCUT2D eigenvalue weighted by molar-refractivity contribution is 1.28. The monoisotopic (exact) mass is 213 g/mol. The van der Waals surface area contributed by atoms with Gasteiger partial charge in [0.1, 0.15) is 3.23 Å². The number of rotatable bonds is 1. The van der Waals surface area contributed by atoms with Crippen molar-refractivity contribution in [3.63, 3.8) is 0 Å². The summed E-state index contributed by atoms with van der Waals surface area (Å²) in [5.74, 6) is 0. The molecule has 36 valence electrons. The van der Waals surface area contributed by atoms with Gasteiger partial charge in [-0.2, -0.15) is 0 Å². The van der Waals surface area contributed by atoms with E-state index in [0.29, 0.717) is 0 Å². The topological polar surface area (TPSA) is 23.9 Å². The van der Waals surface area contributed by atoms with E-state index in [1.165, 1.54) is 6.21 Å². The predicted molar refractivity (Wildman–Crippen MR) is 35.0 cm³/mol. The number of halogens is 2. The van der Waals surface area contributed by atoms with Gasteiger partial charge in [0.05, 0.1) is 0 Å². The van der Waals surface area contributed by atoms with Crippen LogP contribution in [0.3, 0.4) is 0 Å². The molecule has 0 aromatic carbocycles. The number of hydrogen-bond acceptors (Lipinski definition) is 1. The van der Waals surface area contributed by atoms with Crippen LogP contribution >= 0.6 is 31.9 Å². The molecule has 0 aliphatic carbocycles. The van der Waals surface area contributed by atoms with Gasteiger partial charge < -0.3 is 5.41 Å². The highest BCUT2D eigenvalue weighted by atomic mass is 79.9. The molecule has 0 atom stereocenters. The second kappa shape index (κ2) is 2.07. The second-order valence-corrected chi connectivity index (χ2v) is 5.46. The Labute approximate surface area is 53.9 Å². The number of alkyl halides is 2. The minimum atomic E-state index is -0.292. The van der Waals surface area contributed by atoms with Crippen LogP contribution in [0.2, 0.25) is 0 Å². The molecule has 1 nitrogen and oxygen atoms in total. The Bertz CT molecular complexity index is 54.3. The average molecular weight is 215 g/mol. The highest BCUT2D eigenvalue weighted by molar-refractivity contribution is 9.25. The minimum Gasteiger partial charge on any atom is -0.311 e. The van der Waals surface area contributed by atoms with E-state index in [2.05, 4.69) is 31.9 Å². The van der Waals surface area contributed by atoms with Crippen LogP contribution in [-0.2, 0) is 0 Å².